The maximum Gasteiger partial charge on any atom is 0.237 e. The van der Waals surface area contributed by atoms with Crippen molar-refractivity contribution < 1.29 is 4.79 Å². The van der Waals surface area contributed by atoms with Gasteiger partial charge >= 0.3 is 0 Å². The molecule has 0 spiro atoms. The van der Waals surface area contributed by atoms with Gasteiger partial charge < -0.3 is 10.6 Å². The number of hydrogen-bond acceptors (Lipinski definition) is 3. The minimum Gasteiger partial charge on any atom is -0.346 e. The van der Waals surface area contributed by atoms with Crippen molar-refractivity contribution in [3.05, 3.63) is 21.9 Å². The molecule has 0 aromatic carbocycles. The van der Waals surface area contributed by atoms with Crippen LogP contribution in [0.15, 0.2) is 11.4 Å². The molecule has 17 heavy (non-hydrogen) atoms. The Bertz CT molecular complexity index is 400. The number of amides is 1. The van der Waals surface area contributed by atoms with E-state index in [1.165, 1.54) is 10.4 Å². The van der Waals surface area contributed by atoms with Gasteiger partial charge in [0.05, 0.1) is 12.1 Å². The van der Waals surface area contributed by atoms with Gasteiger partial charge in [0.2, 0.25) is 5.91 Å². The van der Waals surface area contributed by atoms with Gasteiger partial charge in [-0.1, -0.05) is 13.8 Å². The number of aryl methyl sites for hydroxylation is 1. The fraction of sp³-hybridized carbons (Fsp3) is 0.615. The zero-order chi connectivity index (χ0) is 12.4. The summed E-state index contributed by atoms with van der Waals surface area (Å²) in [5.74, 6) is 0.682. The van der Waals surface area contributed by atoms with Gasteiger partial charge in [0, 0.05) is 11.4 Å². The van der Waals surface area contributed by atoms with Crippen LogP contribution in [-0.4, -0.2) is 18.5 Å². The molecule has 2 rings (SSSR count). The zero-order valence-electron chi connectivity index (χ0n) is 10.6. The average Bonchev–Trinajstić information content (AvgIpc) is 2.67. The Kier molecular flexibility index (Phi) is 3.84. The molecule has 1 saturated heterocycles. The Morgan fingerprint density at radius 3 is 2.82 bits per heavy atom. The van der Waals surface area contributed by atoms with Crippen molar-refractivity contribution in [2.45, 2.75) is 39.3 Å². The van der Waals surface area contributed by atoms with Crippen molar-refractivity contribution >= 4 is 17.2 Å². The van der Waals surface area contributed by atoms with Crippen molar-refractivity contribution in [3.8, 4) is 0 Å². The predicted molar refractivity (Wildman–Crippen MR) is 71.2 cm³/mol. The van der Waals surface area contributed by atoms with E-state index in [1.54, 1.807) is 11.3 Å². The monoisotopic (exact) mass is 252 g/mol. The van der Waals surface area contributed by atoms with Crippen LogP contribution in [0.1, 0.15) is 36.8 Å². The van der Waals surface area contributed by atoms with Crippen LogP contribution in [0.4, 0.5) is 0 Å². The highest BCUT2D eigenvalue weighted by Gasteiger charge is 2.29. The fourth-order valence-electron chi connectivity index (χ4n) is 2.24. The molecule has 2 N–H and O–H groups in total. The molecule has 2 heterocycles. The maximum atomic E-state index is 12.0. The van der Waals surface area contributed by atoms with E-state index in [1.807, 2.05) is 0 Å². The minimum atomic E-state index is -0.0217. The lowest BCUT2D eigenvalue weighted by Crippen LogP contribution is -2.54. The summed E-state index contributed by atoms with van der Waals surface area (Å²) in [4.78, 5) is 13.2. The van der Waals surface area contributed by atoms with E-state index in [0.717, 1.165) is 13.0 Å². The third-order valence-corrected chi connectivity index (χ3v) is 4.26. The summed E-state index contributed by atoms with van der Waals surface area (Å²) in [6.45, 7) is 7.22. The van der Waals surface area contributed by atoms with Crippen molar-refractivity contribution in [3.63, 3.8) is 0 Å². The topological polar surface area (TPSA) is 41.1 Å². The quantitative estimate of drug-likeness (QED) is 0.866. The molecule has 1 amide bonds. The fourth-order valence-corrected chi connectivity index (χ4v) is 3.22. The van der Waals surface area contributed by atoms with Gasteiger partial charge in [-0.25, -0.2) is 0 Å². The molecule has 1 aromatic rings. The SMILES string of the molecule is Cc1ccsc1[C@@H]1CN[C@@H](CC(C)C)C(=O)N1. The van der Waals surface area contributed by atoms with E-state index in [-0.39, 0.29) is 18.0 Å². The molecule has 3 nitrogen and oxygen atoms in total. The van der Waals surface area contributed by atoms with Crippen LogP contribution in [-0.2, 0) is 4.79 Å². The normalized spacial score (nSPS) is 25.1. The van der Waals surface area contributed by atoms with Crippen LogP contribution in [0.25, 0.3) is 0 Å². The second kappa shape index (κ2) is 5.19. The molecule has 0 unspecified atom stereocenters. The van der Waals surface area contributed by atoms with Crippen LogP contribution in [0.3, 0.4) is 0 Å². The molecule has 1 fully saturated rings. The second-order valence-electron chi connectivity index (χ2n) is 5.12. The first-order valence-electron chi connectivity index (χ1n) is 6.15. The highest BCUT2D eigenvalue weighted by atomic mass is 32.1. The number of carbonyl (C=O) groups excluding carboxylic acids is 1. The molecule has 4 heteroatoms. The lowest BCUT2D eigenvalue weighted by molar-refractivity contribution is -0.125. The Morgan fingerprint density at radius 2 is 2.29 bits per heavy atom. The van der Waals surface area contributed by atoms with Crippen molar-refractivity contribution in [2.24, 2.45) is 5.92 Å². The molecule has 1 aliphatic heterocycles. The smallest absolute Gasteiger partial charge is 0.237 e. The van der Waals surface area contributed by atoms with Crippen molar-refractivity contribution in [1.82, 2.24) is 10.6 Å². The summed E-state index contributed by atoms with van der Waals surface area (Å²) in [5, 5.41) is 8.56. The third kappa shape index (κ3) is 2.87. The van der Waals surface area contributed by atoms with E-state index in [9.17, 15) is 4.79 Å². The summed E-state index contributed by atoms with van der Waals surface area (Å²) in [5.41, 5.74) is 1.27. The lowest BCUT2D eigenvalue weighted by atomic mass is 9.99. The van der Waals surface area contributed by atoms with E-state index < -0.39 is 0 Å². The Balaban J connectivity index is 2.00. The number of carbonyl (C=O) groups is 1. The largest absolute Gasteiger partial charge is 0.346 e. The van der Waals surface area contributed by atoms with Crippen LogP contribution >= 0.6 is 11.3 Å². The predicted octanol–water partition coefficient (Wildman–Crippen LogP) is 2.23. The molecule has 0 radical (unpaired) electrons. The first-order chi connectivity index (χ1) is 8.08. The summed E-state index contributed by atoms with van der Waals surface area (Å²) in [7, 11) is 0. The molecule has 1 aromatic heterocycles. The molecular formula is C13H20N2OS. The van der Waals surface area contributed by atoms with E-state index in [2.05, 4.69) is 42.9 Å². The Hall–Kier alpha value is -0.870. The summed E-state index contributed by atoms with van der Waals surface area (Å²) in [6, 6.07) is 2.23. The van der Waals surface area contributed by atoms with Gasteiger partial charge in [-0.3, -0.25) is 4.79 Å². The van der Waals surface area contributed by atoms with Crippen LogP contribution in [0.2, 0.25) is 0 Å². The molecule has 2 atom stereocenters. The van der Waals surface area contributed by atoms with Gasteiger partial charge in [-0.2, -0.15) is 0 Å². The maximum absolute atomic E-state index is 12.0. The lowest BCUT2D eigenvalue weighted by Gasteiger charge is -2.31. The van der Waals surface area contributed by atoms with Gasteiger partial charge in [0.1, 0.15) is 0 Å². The molecule has 0 bridgehead atoms. The summed E-state index contributed by atoms with van der Waals surface area (Å²) < 4.78 is 0. The number of rotatable bonds is 3. The van der Waals surface area contributed by atoms with E-state index in [0.29, 0.717) is 5.92 Å². The van der Waals surface area contributed by atoms with Crippen LogP contribution < -0.4 is 10.6 Å². The Morgan fingerprint density at radius 1 is 1.53 bits per heavy atom. The summed E-state index contributed by atoms with van der Waals surface area (Å²) >= 11 is 1.72. The van der Waals surface area contributed by atoms with Gasteiger partial charge in [0.15, 0.2) is 0 Å². The Labute approximate surface area is 107 Å². The van der Waals surface area contributed by atoms with Gasteiger partial charge in [0.25, 0.3) is 0 Å². The number of piperazine rings is 1. The average molecular weight is 252 g/mol. The first-order valence-corrected chi connectivity index (χ1v) is 7.03. The second-order valence-corrected chi connectivity index (χ2v) is 6.07. The molecule has 0 saturated carbocycles. The molecule has 94 valence electrons. The standard InChI is InChI=1S/C13H20N2OS/c1-8(2)6-10-13(16)15-11(7-14-10)12-9(3)4-5-17-12/h4-5,8,10-11,14H,6-7H2,1-3H3,(H,15,16)/t10-,11-/m0/s1. The van der Waals surface area contributed by atoms with E-state index in [4.69, 9.17) is 0 Å². The molecule has 0 aliphatic carbocycles. The third-order valence-electron chi connectivity index (χ3n) is 3.13. The molecule has 1 aliphatic rings. The summed E-state index contributed by atoms with van der Waals surface area (Å²) in [6.07, 6.45) is 0.905. The number of nitrogens with one attached hydrogen (secondary N) is 2. The zero-order valence-corrected chi connectivity index (χ0v) is 11.4. The first kappa shape index (κ1) is 12.6. The number of thiophene rings is 1. The van der Waals surface area contributed by atoms with Crippen molar-refractivity contribution in [2.75, 3.05) is 6.54 Å². The van der Waals surface area contributed by atoms with E-state index >= 15 is 0 Å². The number of hydrogen-bond donors (Lipinski definition) is 2. The molecular weight excluding hydrogens is 232 g/mol. The van der Waals surface area contributed by atoms with Gasteiger partial charge in [-0.05, 0) is 36.3 Å². The van der Waals surface area contributed by atoms with Crippen LogP contribution in [0.5, 0.6) is 0 Å². The van der Waals surface area contributed by atoms with Gasteiger partial charge in [-0.15, -0.1) is 11.3 Å². The highest BCUT2D eigenvalue weighted by molar-refractivity contribution is 7.10. The minimum absolute atomic E-state index is 0.0217. The highest BCUT2D eigenvalue weighted by Crippen LogP contribution is 2.25. The van der Waals surface area contributed by atoms with Crippen molar-refractivity contribution in [1.29, 1.82) is 0 Å². The van der Waals surface area contributed by atoms with Crippen LogP contribution in [0, 0.1) is 12.8 Å².